The van der Waals surface area contributed by atoms with Crippen LogP contribution in [0.15, 0.2) is 24.4 Å². The second kappa shape index (κ2) is 3.30. The van der Waals surface area contributed by atoms with Crippen molar-refractivity contribution in [2.45, 2.75) is 19.3 Å². The summed E-state index contributed by atoms with van der Waals surface area (Å²) >= 11 is 0. The highest BCUT2D eigenvalue weighted by molar-refractivity contribution is 5.84. The summed E-state index contributed by atoms with van der Waals surface area (Å²) in [6.45, 7) is 0. The predicted octanol–water partition coefficient (Wildman–Crippen LogP) is 3.13. The van der Waals surface area contributed by atoms with Crippen LogP contribution in [0, 0.1) is 5.92 Å². The van der Waals surface area contributed by atoms with Crippen LogP contribution in [0.4, 0.5) is 0 Å². The van der Waals surface area contributed by atoms with E-state index in [9.17, 15) is 0 Å². The van der Waals surface area contributed by atoms with Gasteiger partial charge in [0, 0.05) is 23.2 Å². The molecule has 1 aromatic carbocycles. The van der Waals surface area contributed by atoms with E-state index in [1.807, 2.05) is 6.07 Å². The summed E-state index contributed by atoms with van der Waals surface area (Å²) in [6.07, 6.45) is 6.18. The first-order chi connectivity index (χ1) is 7.36. The number of nitrogens with one attached hydrogen (secondary N) is 1. The molecule has 2 heteroatoms. The normalized spacial score (nSPS) is 15.8. The van der Waals surface area contributed by atoms with Gasteiger partial charge >= 0.3 is 0 Å². The van der Waals surface area contributed by atoms with Crippen molar-refractivity contribution in [2.75, 3.05) is 7.11 Å². The molecule has 0 unspecified atom stereocenters. The van der Waals surface area contributed by atoms with E-state index in [1.165, 1.54) is 35.7 Å². The van der Waals surface area contributed by atoms with E-state index in [1.54, 1.807) is 7.11 Å². The molecule has 1 N–H and O–H groups in total. The van der Waals surface area contributed by atoms with Crippen LogP contribution in [0.1, 0.15) is 18.4 Å². The zero-order valence-corrected chi connectivity index (χ0v) is 8.92. The molecule has 2 aromatic rings. The lowest BCUT2D eigenvalue weighted by atomic mass is 10.1. The fourth-order valence-corrected chi connectivity index (χ4v) is 2.09. The van der Waals surface area contributed by atoms with Crippen LogP contribution in [-0.2, 0) is 6.42 Å². The minimum atomic E-state index is 0.919. The summed E-state index contributed by atoms with van der Waals surface area (Å²) in [5.41, 5.74) is 2.64. The van der Waals surface area contributed by atoms with Gasteiger partial charge in [-0.25, -0.2) is 0 Å². The first-order valence-electron chi connectivity index (χ1n) is 5.51. The van der Waals surface area contributed by atoms with Crippen LogP contribution in [0.25, 0.3) is 10.9 Å². The van der Waals surface area contributed by atoms with Crippen LogP contribution < -0.4 is 4.74 Å². The standard InChI is InChI=1S/C13H15NO/c1-15-11-4-5-12-10(6-9-2-3-9)8-14-13(12)7-11/h4-5,7-9,14H,2-3,6H2,1H3. The van der Waals surface area contributed by atoms with Gasteiger partial charge in [-0.05, 0) is 42.9 Å². The molecule has 15 heavy (non-hydrogen) atoms. The van der Waals surface area contributed by atoms with Gasteiger partial charge < -0.3 is 9.72 Å². The summed E-state index contributed by atoms with van der Waals surface area (Å²) in [5.74, 6) is 1.86. The molecule has 0 bridgehead atoms. The first-order valence-corrected chi connectivity index (χ1v) is 5.51. The van der Waals surface area contributed by atoms with Crippen molar-refractivity contribution < 1.29 is 4.74 Å². The molecule has 2 nitrogen and oxygen atoms in total. The minimum Gasteiger partial charge on any atom is -0.497 e. The molecule has 1 aliphatic carbocycles. The van der Waals surface area contributed by atoms with E-state index < -0.39 is 0 Å². The molecule has 1 fully saturated rings. The molecular weight excluding hydrogens is 186 g/mol. The maximum absolute atomic E-state index is 5.20. The zero-order valence-electron chi connectivity index (χ0n) is 8.92. The number of fused-ring (bicyclic) bond motifs is 1. The Labute approximate surface area is 89.3 Å². The molecule has 1 saturated carbocycles. The number of ether oxygens (including phenoxy) is 1. The number of benzene rings is 1. The van der Waals surface area contributed by atoms with Crippen molar-refractivity contribution in [3.8, 4) is 5.75 Å². The second-order valence-electron chi connectivity index (χ2n) is 4.37. The van der Waals surface area contributed by atoms with Crippen LogP contribution in [0.5, 0.6) is 5.75 Å². The molecule has 3 rings (SSSR count). The van der Waals surface area contributed by atoms with Gasteiger partial charge in [-0.3, -0.25) is 0 Å². The summed E-state index contributed by atoms with van der Waals surface area (Å²) in [7, 11) is 1.70. The van der Waals surface area contributed by atoms with E-state index >= 15 is 0 Å². The Bertz CT molecular complexity index is 482. The fourth-order valence-electron chi connectivity index (χ4n) is 2.09. The average molecular weight is 201 g/mol. The van der Waals surface area contributed by atoms with Gasteiger partial charge in [0.05, 0.1) is 7.11 Å². The molecule has 1 aliphatic rings. The highest BCUT2D eigenvalue weighted by Crippen LogP contribution is 2.35. The van der Waals surface area contributed by atoms with Crippen molar-refractivity contribution in [2.24, 2.45) is 5.92 Å². The summed E-state index contributed by atoms with van der Waals surface area (Å²) in [6, 6.07) is 6.25. The zero-order chi connectivity index (χ0) is 10.3. The molecule has 0 aliphatic heterocycles. The Hall–Kier alpha value is -1.44. The fraction of sp³-hybridized carbons (Fsp3) is 0.385. The van der Waals surface area contributed by atoms with Crippen molar-refractivity contribution in [1.82, 2.24) is 4.98 Å². The number of aromatic amines is 1. The highest BCUT2D eigenvalue weighted by Gasteiger charge is 2.22. The van der Waals surface area contributed by atoms with Crippen molar-refractivity contribution in [3.63, 3.8) is 0 Å². The largest absolute Gasteiger partial charge is 0.497 e. The predicted molar refractivity (Wildman–Crippen MR) is 61.3 cm³/mol. The van der Waals surface area contributed by atoms with Gasteiger partial charge in [-0.1, -0.05) is 0 Å². The van der Waals surface area contributed by atoms with E-state index in [4.69, 9.17) is 4.74 Å². The number of hydrogen-bond donors (Lipinski definition) is 1. The summed E-state index contributed by atoms with van der Waals surface area (Å²) in [4.78, 5) is 3.32. The SMILES string of the molecule is COc1ccc2c(CC3CC3)c[nH]c2c1. The lowest BCUT2D eigenvalue weighted by molar-refractivity contribution is 0.415. The number of aromatic nitrogens is 1. The summed E-state index contributed by atoms with van der Waals surface area (Å²) < 4.78 is 5.20. The minimum absolute atomic E-state index is 0.919. The van der Waals surface area contributed by atoms with E-state index in [-0.39, 0.29) is 0 Å². The molecular formula is C13H15NO. The quantitative estimate of drug-likeness (QED) is 0.810. The molecule has 0 atom stereocenters. The van der Waals surface area contributed by atoms with Crippen LogP contribution in [-0.4, -0.2) is 12.1 Å². The Morgan fingerprint density at radius 1 is 1.40 bits per heavy atom. The van der Waals surface area contributed by atoms with E-state index in [0.717, 1.165) is 11.7 Å². The Morgan fingerprint density at radius 2 is 2.27 bits per heavy atom. The lowest BCUT2D eigenvalue weighted by Crippen LogP contribution is -1.85. The van der Waals surface area contributed by atoms with Gasteiger partial charge in [0.1, 0.15) is 5.75 Å². The molecule has 1 aromatic heterocycles. The van der Waals surface area contributed by atoms with Gasteiger partial charge in [0.2, 0.25) is 0 Å². The molecule has 0 spiro atoms. The van der Waals surface area contributed by atoms with Crippen LogP contribution in [0.2, 0.25) is 0 Å². The maximum Gasteiger partial charge on any atom is 0.120 e. The Balaban J connectivity index is 2.01. The summed E-state index contributed by atoms with van der Waals surface area (Å²) in [5, 5.41) is 1.35. The third kappa shape index (κ3) is 1.60. The first kappa shape index (κ1) is 8.84. The Morgan fingerprint density at radius 3 is 3.00 bits per heavy atom. The second-order valence-corrected chi connectivity index (χ2v) is 4.37. The van der Waals surface area contributed by atoms with Gasteiger partial charge in [0.25, 0.3) is 0 Å². The molecule has 78 valence electrons. The van der Waals surface area contributed by atoms with Crippen LogP contribution in [0.3, 0.4) is 0 Å². The topological polar surface area (TPSA) is 25.0 Å². The van der Waals surface area contributed by atoms with Gasteiger partial charge in [-0.2, -0.15) is 0 Å². The van der Waals surface area contributed by atoms with Crippen molar-refractivity contribution in [1.29, 1.82) is 0 Å². The monoisotopic (exact) mass is 201 g/mol. The number of H-pyrrole nitrogens is 1. The van der Waals surface area contributed by atoms with Crippen molar-refractivity contribution in [3.05, 3.63) is 30.0 Å². The highest BCUT2D eigenvalue weighted by atomic mass is 16.5. The Kier molecular flexibility index (Phi) is 1.94. The number of rotatable bonds is 3. The molecule has 0 radical (unpaired) electrons. The lowest BCUT2D eigenvalue weighted by Gasteiger charge is -2.00. The van der Waals surface area contributed by atoms with E-state index in [0.29, 0.717) is 0 Å². The van der Waals surface area contributed by atoms with Gasteiger partial charge in [-0.15, -0.1) is 0 Å². The van der Waals surface area contributed by atoms with Crippen molar-refractivity contribution >= 4 is 10.9 Å². The smallest absolute Gasteiger partial charge is 0.120 e. The average Bonchev–Trinajstić information content (AvgIpc) is 2.99. The number of methoxy groups -OCH3 is 1. The molecule has 0 amide bonds. The molecule has 0 saturated heterocycles. The van der Waals surface area contributed by atoms with Crippen LogP contribution >= 0.6 is 0 Å². The van der Waals surface area contributed by atoms with E-state index in [2.05, 4.69) is 23.3 Å². The maximum atomic E-state index is 5.20. The molecule has 1 heterocycles. The number of hydrogen-bond acceptors (Lipinski definition) is 1. The third-order valence-corrected chi connectivity index (χ3v) is 3.18. The third-order valence-electron chi connectivity index (χ3n) is 3.18. The van der Waals surface area contributed by atoms with Gasteiger partial charge in [0.15, 0.2) is 0 Å².